The maximum Gasteiger partial charge on any atom is 0.226 e. The Balaban J connectivity index is 2.87. The van der Waals surface area contributed by atoms with Crippen LogP contribution in [0.2, 0.25) is 0 Å². The molecule has 0 saturated carbocycles. The van der Waals surface area contributed by atoms with Crippen LogP contribution in [0.1, 0.15) is 25.5 Å². The van der Waals surface area contributed by atoms with Gasteiger partial charge in [0.05, 0.1) is 6.04 Å². The Bertz CT molecular complexity index is 393. The summed E-state index contributed by atoms with van der Waals surface area (Å²) in [6, 6.07) is 6.87. The summed E-state index contributed by atoms with van der Waals surface area (Å²) in [6.45, 7) is 4.02. The van der Waals surface area contributed by atoms with Crippen molar-refractivity contribution in [1.82, 2.24) is 4.90 Å². The van der Waals surface area contributed by atoms with Crippen molar-refractivity contribution in [1.29, 1.82) is 0 Å². The molecule has 0 fully saturated rings. The first-order valence-corrected chi connectivity index (χ1v) is 5.73. The quantitative estimate of drug-likeness (QED) is 0.832. The van der Waals surface area contributed by atoms with Gasteiger partial charge in [0.2, 0.25) is 5.91 Å². The number of amides is 1. The number of nitrogens with zero attached hydrogens (tertiary/aromatic N) is 1. The lowest BCUT2D eigenvalue weighted by Crippen LogP contribution is -2.36. The molecule has 0 saturated heterocycles. The molecule has 1 amide bonds. The van der Waals surface area contributed by atoms with Crippen molar-refractivity contribution in [2.24, 2.45) is 11.7 Å². The first-order valence-electron chi connectivity index (χ1n) is 5.73. The van der Waals surface area contributed by atoms with Crippen LogP contribution in [0.15, 0.2) is 24.3 Å². The molecule has 0 heterocycles. The van der Waals surface area contributed by atoms with E-state index in [2.05, 4.69) is 0 Å². The molecule has 1 rings (SSSR count). The number of phenolic OH excluding ortho intramolecular Hbond substituents is 1. The lowest BCUT2D eigenvalue weighted by molar-refractivity contribution is -0.135. The summed E-state index contributed by atoms with van der Waals surface area (Å²) < 4.78 is 0. The van der Waals surface area contributed by atoms with Crippen molar-refractivity contribution in [3.63, 3.8) is 0 Å². The van der Waals surface area contributed by atoms with Gasteiger partial charge in [-0.2, -0.15) is 0 Å². The first kappa shape index (κ1) is 13.5. The van der Waals surface area contributed by atoms with Gasteiger partial charge in [0.25, 0.3) is 0 Å². The Kier molecular flexibility index (Phi) is 4.52. The molecular formula is C13H20N2O2. The predicted octanol–water partition coefficient (Wildman–Crippen LogP) is 1.51. The summed E-state index contributed by atoms with van der Waals surface area (Å²) in [5.41, 5.74) is 6.23. The van der Waals surface area contributed by atoms with Crippen LogP contribution in [0, 0.1) is 5.92 Å². The molecule has 0 aliphatic heterocycles. The number of benzene rings is 1. The minimum atomic E-state index is -0.201. The van der Waals surface area contributed by atoms with Crippen LogP contribution >= 0.6 is 0 Å². The van der Waals surface area contributed by atoms with Crippen molar-refractivity contribution < 1.29 is 9.90 Å². The zero-order chi connectivity index (χ0) is 13.0. The number of nitrogens with two attached hydrogens (primary N) is 1. The topological polar surface area (TPSA) is 66.6 Å². The summed E-state index contributed by atoms with van der Waals surface area (Å²) in [5.74, 6) is -0.00314. The number of phenols is 1. The summed E-state index contributed by atoms with van der Waals surface area (Å²) in [5, 5.41) is 9.74. The maximum absolute atomic E-state index is 12.0. The van der Waals surface area contributed by atoms with Crippen molar-refractivity contribution in [2.75, 3.05) is 13.6 Å². The average molecular weight is 236 g/mol. The molecule has 1 aromatic carbocycles. The fraction of sp³-hybridized carbons (Fsp3) is 0.462. The van der Waals surface area contributed by atoms with Gasteiger partial charge in [0.15, 0.2) is 0 Å². The van der Waals surface area contributed by atoms with Gasteiger partial charge in [-0.25, -0.2) is 0 Å². The van der Waals surface area contributed by atoms with Crippen LogP contribution in [0.25, 0.3) is 0 Å². The van der Waals surface area contributed by atoms with Crippen molar-refractivity contribution in [2.45, 2.75) is 19.9 Å². The van der Waals surface area contributed by atoms with E-state index in [1.54, 1.807) is 31.0 Å². The summed E-state index contributed by atoms with van der Waals surface area (Å²) >= 11 is 0. The third-order valence-corrected chi connectivity index (χ3v) is 3.09. The van der Waals surface area contributed by atoms with E-state index in [0.29, 0.717) is 6.54 Å². The largest absolute Gasteiger partial charge is 0.508 e. The molecule has 17 heavy (non-hydrogen) atoms. The van der Waals surface area contributed by atoms with E-state index in [-0.39, 0.29) is 23.6 Å². The molecule has 0 aliphatic carbocycles. The van der Waals surface area contributed by atoms with Crippen LogP contribution in [-0.2, 0) is 4.79 Å². The molecule has 94 valence electrons. The van der Waals surface area contributed by atoms with Gasteiger partial charge in [-0.3, -0.25) is 4.79 Å². The van der Waals surface area contributed by atoms with Gasteiger partial charge in [0, 0.05) is 25.1 Å². The molecule has 0 aromatic heterocycles. The number of carbonyl (C=O) groups is 1. The minimum Gasteiger partial charge on any atom is -0.508 e. The van der Waals surface area contributed by atoms with Gasteiger partial charge in [-0.1, -0.05) is 25.1 Å². The van der Waals surface area contributed by atoms with E-state index in [4.69, 9.17) is 5.73 Å². The molecule has 4 heteroatoms. The Morgan fingerprint density at radius 2 is 2.00 bits per heavy atom. The second-order valence-electron chi connectivity index (χ2n) is 4.32. The summed E-state index contributed by atoms with van der Waals surface area (Å²) in [7, 11) is 1.73. The van der Waals surface area contributed by atoms with E-state index >= 15 is 0 Å². The fourth-order valence-electron chi connectivity index (χ4n) is 1.69. The van der Waals surface area contributed by atoms with Crippen LogP contribution in [-0.4, -0.2) is 29.5 Å². The monoisotopic (exact) mass is 236 g/mol. The summed E-state index contributed by atoms with van der Waals surface area (Å²) in [4.78, 5) is 13.6. The van der Waals surface area contributed by atoms with Gasteiger partial charge >= 0.3 is 0 Å². The van der Waals surface area contributed by atoms with Crippen molar-refractivity contribution in [3.8, 4) is 5.75 Å². The van der Waals surface area contributed by atoms with Crippen LogP contribution < -0.4 is 5.73 Å². The standard InChI is InChI=1S/C13H20N2O2/c1-9(8-14)13(17)15(3)10(2)11-6-4-5-7-12(11)16/h4-7,9-10,16H,8,14H2,1-3H3. The highest BCUT2D eigenvalue weighted by Crippen LogP contribution is 2.27. The second-order valence-corrected chi connectivity index (χ2v) is 4.32. The van der Waals surface area contributed by atoms with Gasteiger partial charge < -0.3 is 15.7 Å². The number of aromatic hydroxyl groups is 1. The van der Waals surface area contributed by atoms with Crippen LogP contribution in [0.3, 0.4) is 0 Å². The second kappa shape index (κ2) is 5.68. The highest BCUT2D eigenvalue weighted by atomic mass is 16.3. The van der Waals surface area contributed by atoms with Crippen LogP contribution in [0.4, 0.5) is 0 Å². The zero-order valence-electron chi connectivity index (χ0n) is 10.6. The third kappa shape index (κ3) is 2.97. The lowest BCUT2D eigenvalue weighted by Gasteiger charge is -2.28. The number of carbonyl (C=O) groups excluding carboxylic acids is 1. The fourth-order valence-corrected chi connectivity index (χ4v) is 1.69. The normalized spacial score (nSPS) is 14.1. The molecule has 0 bridgehead atoms. The van der Waals surface area contributed by atoms with Crippen LogP contribution in [0.5, 0.6) is 5.75 Å². The number of rotatable bonds is 4. The zero-order valence-corrected chi connectivity index (χ0v) is 10.6. The van der Waals surface area contributed by atoms with Gasteiger partial charge in [-0.15, -0.1) is 0 Å². The molecule has 2 atom stereocenters. The minimum absolute atomic E-state index is 0.0109. The molecule has 3 N–H and O–H groups in total. The Morgan fingerprint density at radius 1 is 1.41 bits per heavy atom. The molecule has 0 spiro atoms. The average Bonchev–Trinajstić information content (AvgIpc) is 2.35. The van der Waals surface area contributed by atoms with E-state index in [1.807, 2.05) is 19.1 Å². The summed E-state index contributed by atoms with van der Waals surface area (Å²) in [6.07, 6.45) is 0. The van der Waals surface area contributed by atoms with Crippen molar-refractivity contribution >= 4 is 5.91 Å². The third-order valence-electron chi connectivity index (χ3n) is 3.09. The predicted molar refractivity (Wildman–Crippen MR) is 67.5 cm³/mol. The van der Waals surface area contributed by atoms with Gasteiger partial charge in [-0.05, 0) is 13.0 Å². The maximum atomic E-state index is 12.0. The van der Waals surface area contributed by atoms with Gasteiger partial charge in [0.1, 0.15) is 5.75 Å². The number of hydrogen-bond donors (Lipinski definition) is 2. The highest BCUT2D eigenvalue weighted by Gasteiger charge is 2.22. The van der Waals surface area contributed by atoms with E-state index in [0.717, 1.165) is 5.56 Å². The van der Waals surface area contributed by atoms with E-state index < -0.39 is 0 Å². The van der Waals surface area contributed by atoms with Crippen molar-refractivity contribution in [3.05, 3.63) is 29.8 Å². The Hall–Kier alpha value is -1.55. The molecule has 4 nitrogen and oxygen atoms in total. The molecule has 2 unspecified atom stereocenters. The molecule has 1 aromatic rings. The molecule has 0 radical (unpaired) electrons. The first-order chi connectivity index (χ1) is 7.99. The molecule has 0 aliphatic rings. The SMILES string of the molecule is CC(CN)C(=O)N(C)C(C)c1ccccc1O. The Morgan fingerprint density at radius 3 is 2.53 bits per heavy atom. The van der Waals surface area contributed by atoms with E-state index in [9.17, 15) is 9.90 Å². The Labute approximate surface area is 102 Å². The highest BCUT2D eigenvalue weighted by molar-refractivity contribution is 5.79. The number of hydrogen-bond acceptors (Lipinski definition) is 3. The lowest BCUT2D eigenvalue weighted by atomic mass is 10.0. The number of para-hydroxylation sites is 1. The van der Waals surface area contributed by atoms with E-state index in [1.165, 1.54) is 0 Å². The molecular weight excluding hydrogens is 216 g/mol. The smallest absolute Gasteiger partial charge is 0.226 e.